The van der Waals surface area contributed by atoms with Gasteiger partial charge in [0.25, 0.3) is 5.91 Å². The van der Waals surface area contributed by atoms with Gasteiger partial charge in [0.2, 0.25) is 5.91 Å². The van der Waals surface area contributed by atoms with Gasteiger partial charge in [0, 0.05) is 30.3 Å². The Morgan fingerprint density at radius 1 is 1.10 bits per heavy atom. The third-order valence-electron chi connectivity index (χ3n) is 4.54. The van der Waals surface area contributed by atoms with E-state index < -0.39 is 0 Å². The number of benzene rings is 2. The molecule has 29 heavy (non-hydrogen) atoms. The first-order chi connectivity index (χ1) is 13.9. The molecule has 2 aromatic rings. The minimum absolute atomic E-state index is 0.0732. The Hall–Kier alpha value is -3.55. The van der Waals surface area contributed by atoms with E-state index in [0.717, 1.165) is 0 Å². The first-order valence-corrected chi connectivity index (χ1v) is 9.03. The van der Waals surface area contributed by atoms with Crippen molar-refractivity contribution in [2.24, 2.45) is 0 Å². The highest BCUT2D eigenvalue weighted by molar-refractivity contribution is 6.02. The van der Waals surface area contributed by atoms with Gasteiger partial charge < -0.3 is 24.4 Å². The Labute approximate surface area is 168 Å². The van der Waals surface area contributed by atoms with Crippen LogP contribution >= 0.6 is 0 Å². The molecule has 0 bridgehead atoms. The van der Waals surface area contributed by atoms with Gasteiger partial charge in [-0.05, 0) is 37.3 Å². The second kappa shape index (κ2) is 8.64. The summed E-state index contributed by atoms with van der Waals surface area (Å²) in [5.74, 6) is 0.923. The number of anilines is 2. The van der Waals surface area contributed by atoms with Crippen LogP contribution in [0.5, 0.6) is 17.2 Å². The van der Waals surface area contributed by atoms with E-state index in [4.69, 9.17) is 14.2 Å². The Kier molecular flexibility index (Phi) is 6.01. The van der Waals surface area contributed by atoms with Gasteiger partial charge in [-0.3, -0.25) is 14.4 Å². The predicted octanol–water partition coefficient (Wildman–Crippen LogP) is 2.66. The Morgan fingerprint density at radius 2 is 1.86 bits per heavy atom. The maximum atomic E-state index is 12.4. The minimum Gasteiger partial charge on any atom is -0.493 e. The third kappa shape index (κ3) is 4.48. The van der Waals surface area contributed by atoms with Crippen LogP contribution in [-0.4, -0.2) is 45.0 Å². The highest BCUT2D eigenvalue weighted by Gasteiger charge is 2.26. The van der Waals surface area contributed by atoms with Gasteiger partial charge in [-0.25, -0.2) is 0 Å². The zero-order chi connectivity index (χ0) is 21.0. The number of nitrogens with zero attached hydrogens (tertiary/aromatic N) is 1. The molecule has 0 spiro atoms. The summed E-state index contributed by atoms with van der Waals surface area (Å²) in [6.07, 6.45) is 0.0732. The molecule has 8 heteroatoms. The molecule has 0 atom stereocenters. The average Bonchev–Trinajstić information content (AvgIpc) is 2.72. The number of carbonyl (C=O) groups is 3. The van der Waals surface area contributed by atoms with Gasteiger partial charge in [0.15, 0.2) is 23.9 Å². The van der Waals surface area contributed by atoms with Gasteiger partial charge in [0.05, 0.1) is 19.9 Å². The van der Waals surface area contributed by atoms with Crippen molar-refractivity contribution in [1.29, 1.82) is 0 Å². The van der Waals surface area contributed by atoms with Gasteiger partial charge in [-0.15, -0.1) is 0 Å². The number of hydrogen-bond donors (Lipinski definition) is 1. The quantitative estimate of drug-likeness (QED) is 0.721. The third-order valence-corrected chi connectivity index (χ3v) is 4.54. The second-order valence-electron chi connectivity index (χ2n) is 6.44. The number of fused-ring (bicyclic) bond motifs is 1. The van der Waals surface area contributed by atoms with Gasteiger partial charge in [-0.1, -0.05) is 0 Å². The molecular formula is C21H22N2O6. The van der Waals surface area contributed by atoms with E-state index in [1.54, 1.807) is 36.4 Å². The maximum absolute atomic E-state index is 12.4. The van der Waals surface area contributed by atoms with Crippen molar-refractivity contribution in [3.05, 3.63) is 42.0 Å². The van der Waals surface area contributed by atoms with Crippen LogP contribution in [0.25, 0.3) is 0 Å². The van der Waals surface area contributed by atoms with Crippen LogP contribution < -0.4 is 24.4 Å². The van der Waals surface area contributed by atoms with Crippen LogP contribution in [0.1, 0.15) is 23.7 Å². The fraction of sp³-hybridized carbons (Fsp3) is 0.286. The molecule has 1 N–H and O–H groups in total. The number of Topliss-reactive ketones (excluding diaryl/α,β-unsaturated/α-hetero) is 1. The van der Waals surface area contributed by atoms with E-state index in [-0.39, 0.29) is 37.2 Å². The van der Waals surface area contributed by atoms with Crippen molar-refractivity contribution in [2.75, 3.05) is 37.6 Å². The number of carbonyl (C=O) groups excluding carboxylic acids is 3. The number of rotatable bonds is 7. The maximum Gasteiger partial charge on any atom is 0.265 e. The SMILES string of the molecule is COc1ccc(NC(=O)CCN2C(=O)COc3ccc(C(C)=O)cc32)cc1OC. The molecule has 152 valence electrons. The van der Waals surface area contributed by atoms with Gasteiger partial charge >= 0.3 is 0 Å². The minimum atomic E-state index is -0.267. The van der Waals surface area contributed by atoms with Gasteiger partial charge in [0.1, 0.15) is 5.75 Å². The summed E-state index contributed by atoms with van der Waals surface area (Å²) < 4.78 is 15.8. The number of ketones is 1. The van der Waals surface area contributed by atoms with Crippen molar-refractivity contribution in [3.63, 3.8) is 0 Å². The first-order valence-electron chi connectivity index (χ1n) is 9.03. The van der Waals surface area contributed by atoms with Crippen molar-refractivity contribution in [3.8, 4) is 17.2 Å². The van der Waals surface area contributed by atoms with Crippen LogP contribution in [-0.2, 0) is 9.59 Å². The number of hydrogen-bond acceptors (Lipinski definition) is 6. The molecule has 3 rings (SSSR count). The van der Waals surface area contributed by atoms with Crippen molar-refractivity contribution in [1.82, 2.24) is 0 Å². The fourth-order valence-electron chi connectivity index (χ4n) is 3.02. The molecule has 2 aromatic carbocycles. The molecule has 0 unspecified atom stereocenters. The molecule has 2 amide bonds. The molecule has 0 saturated heterocycles. The van der Waals surface area contributed by atoms with E-state index >= 15 is 0 Å². The largest absolute Gasteiger partial charge is 0.493 e. The number of methoxy groups -OCH3 is 2. The molecule has 0 aliphatic carbocycles. The fourth-order valence-corrected chi connectivity index (χ4v) is 3.02. The lowest BCUT2D eigenvalue weighted by molar-refractivity contribution is -0.121. The Morgan fingerprint density at radius 3 is 2.55 bits per heavy atom. The lowest BCUT2D eigenvalue weighted by Crippen LogP contribution is -2.40. The van der Waals surface area contributed by atoms with Crippen LogP contribution in [0, 0.1) is 0 Å². The zero-order valence-corrected chi connectivity index (χ0v) is 16.5. The van der Waals surface area contributed by atoms with Gasteiger partial charge in [-0.2, -0.15) is 0 Å². The molecule has 0 saturated carbocycles. The van der Waals surface area contributed by atoms with Crippen LogP contribution in [0.4, 0.5) is 11.4 Å². The molecular weight excluding hydrogens is 376 g/mol. The number of ether oxygens (including phenoxy) is 3. The lowest BCUT2D eigenvalue weighted by atomic mass is 10.1. The second-order valence-corrected chi connectivity index (χ2v) is 6.44. The Balaban J connectivity index is 1.70. The van der Waals surface area contributed by atoms with E-state index in [9.17, 15) is 14.4 Å². The van der Waals surface area contributed by atoms with Crippen molar-refractivity contribution >= 4 is 29.0 Å². The van der Waals surface area contributed by atoms with E-state index in [1.807, 2.05) is 0 Å². The first kappa shape index (κ1) is 20.2. The molecule has 1 aliphatic rings. The summed E-state index contributed by atoms with van der Waals surface area (Å²) >= 11 is 0. The monoisotopic (exact) mass is 398 g/mol. The number of nitrogens with one attached hydrogen (secondary N) is 1. The normalized spacial score (nSPS) is 12.7. The predicted molar refractivity (Wildman–Crippen MR) is 107 cm³/mol. The van der Waals surface area contributed by atoms with Crippen molar-refractivity contribution < 1.29 is 28.6 Å². The summed E-state index contributed by atoms with van der Waals surface area (Å²) in [5, 5.41) is 2.78. The average molecular weight is 398 g/mol. The number of amides is 2. The Bertz CT molecular complexity index is 956. The van der Waals surface area contributed by atoms with E-state index in [1.165, 1.54) is 26.0 Å². The summed E-state index contributed by atoms with van der Waals surface area (Å²) in [7, 11) is 3.05. The van der Waals surface area contributed by atoms with E-state index in [0.29, 0.717) is 34.2 Å². The summed E-state index contributed by atoms with van der Waals surface area (Å²) in [6, 6.07) is 9.98. The standard InChI is InChI=1S/C21H22N2O6/c1-13(24)14-4-6-17-16(10-14)23(21(26)12-29-17)9-8-20(25)22-15-5-7-18(27-2)19(11-15)28-3/h4-7,10-11H,8-9,12H2,1-3H3,(H,22,25). The molecule has 1 aliphatic heterocycles. The summed E-state index contributed by atoms with van der Waals surface area (Å²) in [5.41, 5.74) is 1.52. The molecule has 0 fully saturated rings. The highest BCUT2D eigenvalue weighted by Crippen LogP contribution is 2.33. The molecule has 0 aromatic heterocycles. The van der Waals surface area contributed by atoms with Crippen LogP contribution in [0.2, 0.25) is 0 Å². The van der Waals surface area contributed by atoms with Crippen molar-refractivity contribution in [2.45, 2.75) is 13.3 Å². The molecule has 8 nitrogen and oxygen atoms in total. The topological polar surface area (TPSA) is 94.2 Å². The lowest BCUT2D eigenvalue weighted by Gasteiger charge is -2.29. The molecule has 1 heterocycles. The summed E-state index contributed by atoms with van der Waals surface area (Å²) in [6.45, 7) is 1.51. The smallest absolute Gasteiger partial charge is 0.265 e. The zero-order valence-electron chi connectivity index (χ0n) is 16.5. The van der Waals surface area contributed by atoms with E-state index in [2.05, 4.69) is 5.32 Å². The molecule has 0 radical (unpaired) electrons. The van der Waals surface area contributed by atoms with Crippen LogP contribution in [0.3, 0.4) is 0 Å². The highest BCUT2D eigenvalue weighted by atomic mass is 16.5. The summed E-state index contributed by atoms with van der Waals surface area (Å²) in [4.78, 5) is 37.8. The van der Waals surface area contributed by atoms with Crippen LogP contribution in [0.15, 0.2) is 36.4 Å².